The van der Waals surface area contributed by atoms with Gasteiger partial charge in [-0.1, -0.05) is 0 Å². The zero-order chi connectivity index (χ0) is 13.4. The largest absolute Gasteiger partial charge is 0.511 e. The lowest BCUT2D eigenvalue weighted by Crippen LogP contribution is -2.42. The van der Waals surface area contributed by atoms with Crippen molar-refractivity contribution in [1.82, 2.24) is 0 Å². The van der Waals surface area contributed by atoms with E-state index < -0.39 is 35.3 Å². The molecule has 0 aliphatic heterocycles. The van der Waals surface area contributed by atoms with Crippen LogP contribution in [0.3, 0.4) is 0 Å². The molecule has 0 aromatic heterocycles. The molecule has 3 N–H and O–H groups in total. The van der Waals surface area contributed by atoms with E-state index in [0.29, 0.717) is 0 Å². The summed E-state index contributed by atoms with van der Waals surface area (Å²) in [6.07, 6.45) is 0.476. The highest BCUT2D eigenvalue weighted by Gasteiger charge is 2.51. The molecule has 92 valence electrons. The lowest BCUT2D eigenvalue weighted by atomic mass is 9.72. The van der Waals surface area contributed by atoms with Crippen LogP contribution in [0.4, 0.5) is 0 Å². The zero-order valence-corrected chi connectivity index (χ0v) is 9.35. The summed E-state index contributed by atoms with van der Waals surface area (Å²) >= 11 is 0. The first-order valence-electron chi connectivity index (χ1n) is 4.82. The molecule has 1 rings (SSSR count). The van der Waals surface area contributed by atoms with Crippen molar-refractivity contribution in [1.29, 1.82) is 0 Å². The average Bonchev–Trinajstić information content (AvgIpc) is 2.15. The number of hydrogen-bond donors (Lipinski definition) is 3. The van der Waals surface area contributed by atoms with Gasteiger partial charge < -0.3 is 15.3 Å². The van der Waals surface area contributed by atoms with Gasteiger partial charge in [-0.2, -0.15) is 0 Å². The van der Waals surface area contributed by atoms with E-state index >= 15 is 0 Å². The van der Waals surface area contributed by atoms with Gasteiger partial charge in [-0.15, -0.1) is 0 Å². The summed E-state index contributed by atoms with van der Waals surface area (Å²) in [6.45, 7) is 2.45. The Morgan fingerprint density at radius 1 is 1.29 bits per heavy atom. The molecule has 0 fully saturated rings. The van der Waals surface area contributed by atoms with Crippen LogP contribution in [0.1, 0.15) is 20.3 Å². The first-order valence-corrected chi connectivity index (χ1v) is 4.82. The van der Waals surface area contributed by atoms with Gasteiger partial charge in [0.25, 0.3) is 0 Å². The predicted molar refractivity (Wildman–Crippen MR) is 56.4 cm³/mol. The molecule has 1 aliphatic rings. The molecule has 1 aliphatic carbocycles. The van der Waals surface area contributed by atoms with Gasteiger partial charge in [-0.25, -0.2) is 4.79 Å². The molecule has 6 nitrogen and oxygen atoms in total. The molecular weight excluding hydrogens is 228 g/mol. The van der Waals surface area contributed by atoms with E-state index in [1.165, 1.54) is 6.92 Å². The molecule has 6 heteroatoms. The van der Waals surface area contributed by atoms with E-state index in [0.717, 1.165) is 13.0 Å². The number of carbonyl (C=O) groups is 3. The number of aliphatic hydroxyl groups is 1. The minimum absolute atomic E-state index is 0.180. The second-order valence-electron chi connectivity index (χ2n) is 3.94. The molecule has 0 saturated carbocycles. The molecule has 17 heavy (non-hydrogen) atoms. The van der Waals surface area contributed by atoms with E-state index in [2.05, 4.69) is 0 Å². The Hall–Kier alpha value is -2.11. The Kier molecular flexibility index (Phi) is 3.08. The third kappa shape index (κ3) is 1.82. The van der Waals surface area contributed by atoms with E-state index in [9.17, 15) is 19.5 Å². The fraction of sp³-hybridized carbons (Fsp3) is 0.364. The van der Waals surface area contributed by atoms with Crippen molar-refractivity contribution in [2.45, 2.75) is 20.3 Å². The lowest BCUT2D eigenvalue weighted by Gasteiger charge is -2.29. The number of aliphatic carboxylic acids is 2. The normalized spacial score (nSPS) is 24.2. The third-order valence-electron chi connectivity index (χ3n) is 2.93. The van der Waals surface area contributed by atoms with Crippen molar-refractivity contribution in [3.8, 4) is 0 Å². The average molecular weight is 240 g/mol. The van der Waals surface area contributed by atoms with Crippen LogP contribution in [0.2, 0.25) is 0 Å². The summed E-state index contributed by atoms with van der Waals surface area (Å²) in [5.74, 6) is -4.27. The van der Waals surface area contributed by atoms with Crippen molar-refractivity contribution >= 4 is 17.7 Å². The van der Waals surface area contributed by atoms with Gasteiger partial charge in [-0.3, -0.25) is 9.59 Å². The number of carboxylic acid groups (broad SMARTS) is 2. The number of carbonyl (C=O) groups excluding carboxylic acids is 1. The predicted octanol–water partition coefficient (Wildman–Crippen LogP) is 0.893. The van der Waals surface area contributed by atoms with E-state index in [4.69, 9.17) is 10.2 Å². The maximum atomic E-state index is 11.5. The van der Waals surface area contributed by atoms with Crippen LogP contribution in [0, 0.1) is 5.41 Å². The van der Waals surface area contributed by atoms with E-state index in [1.54, 1.807) is 0 Å². The maximum absolute atomic E-state index is 11.5. The number of rotatable bonds is 3. The van der Waals surface area contributed by atoms with Gasteiger partial charge in [0, 0.05) is 12.0 Å². The molecule has 1 unspecified atom stereocenters. The summed E-state index contributed by atoms with van der Waals surface area (Å²) in [5, 5.41) is 27.7. The molecular formula is C11H12O6. The summed E-state index contributed by atoms with van der Waals surface area (Å²) in [4.78, 5) is 33.5. The van der Waals surface area contributed by atoms with Gasteiger partial charge in [0.15, 0.2) is 11.2 Å². The molecule has 0 heterocycles. The first kappa shape index (κ1) is 13.0. The fourth-order valence-electron chi connectivity index (χ4n) is 1.80. The van der Waals surface area contributed by atoms with Crippen LogP contribution in [0.15, 0.2) is 23.0 Å². The Labute approximate surface area is 96.9 Å². The van der Waals surface area contributed by atoms with E-state index in [1.807, 2.05) is 0 Å². The Morgan fingerprint density at radius 2 is 1.82 bits per heavy atom. The lowest BCUT2D eigenvalue weighted by molar-refractivity contribution is -0.153. The van der Waals surface area contributed by atoms with Crippen LogP contribution in [0.5, 0.6) is 0 Å². The van der Waals surface area contributed by atoms with Gasteiger partial charge in [0.1, 0.15) is 5.76 Å². The van der Waals surface area contributed by atoms with Crippen LogP contribution in [-0.2, 0) is 14.4 Å². The number of aliphatic hydroxyl groups excluding tert-OH is 1. The summed E-state index contributed by atoms with van der Waals surface area (Å²) in [6, 6.07) is 0. The summed E-state index contributed by atoms with van der Waals surface area (Å²) < 4.78 is 0. The SMILES string of the molecule is CC(=O)C1(C(=O)O)CC(C(=O)O)=C(C)C=C1O. The van der Waals surface area contributed by atoms with E-state index in [-0.39, 0.29) is 11.1 Å². The number of Topliss-reactive ketones (excluding diaryl/α,β-unsaturated/α-hetero) is 1. The molecule has 0 radical (unpaired) electrons. The van der Waals surface area contributed by atoms with Gasteiger partial charge in [-0.05, 0) is 25.5 Å². The zero-order valence-electron chi connectivity index (χ0n) is 9.35. The molecule has 1 atom stereocenters. The number of ketones is 1. The van der Waals surface area contributed by atoms with Crippen LogP contribution in [0.25, 0.3) is 0 Å². The van der Waals surface area contributed by atoms with Crippen molar-refractivity contribution in [2.24, 2.45) is 5.41 Å². The van der Waals surface area contributed by atoms with Gasteiger partial charge in [0.2, 0.25) is 0 Å². The summed E-state index contributed by atoms with van der Waals surface area (Å²) in [5.41, 5.74) is -2.11. The number of allylic oxidation sites excluding steroid dienone is 2. The quantitative estimate of drug-likeness (QED) is 0.631. The Morgan fingerprint density at radius 3 is 2.18 bits per heavy atom. The first-order chi connectivity index (χ1) is 7.73. The molecule has 0 amide bonds. The Bertz CT molecular complexity index is 454. The number of hydrogen-bond acceptors (Lipinski definition) is 4. The highest BCUT2D eigenvalue weighted by atomic mass is 16.4. The van der Waals surface area contributed by atoms with Crippen LogP contribution < -0.4 is 0 Å². The number of carboxylic acids is 2. The minimum atomic E-state index is -2.17. The van der Waals surface area contributed by atoms with Crippen molar-refractivity contribution in [3.05, 3.63) is 23.0 Å². The second kappa shape index (κ2) is 4.04. The molecule has 0 saturated heterocycles. The van der Waals surface area contributed by atoms with Gasteiger partial charge >= 0.3 is 11.9 Å². The smallest absolute Gasteiger partial charge is 0.331 e. The highest BCUT2D eigenvalue weighted by molar-refractivity contribution is 6.07. The van der Waals surface area contributed by atoms with Gasteiger partial charge in [0.05, 0.1) is 0 Å². The highest BCUT2D eigenvalue weighted by Crippen LogP contribution is 2.40. The standard InChI is InChI=1S/C11H12O6/c1-5-3-8(13)11(6(2)12,10(16)17)4-7(5)9(14)15/h3,13H,4H2,1-2H3,(H,14,15)(H,16,17). The minimum Gasteiger partial charge on any atom is -0.511 e. The monoisotopic (exact) mass is 240 g/mol. The fourth-order valence-corrected chi connectivity index (χ4v) is 1.80. The van der Waals surface area contributed by atoms with Crippen LogP contribution >= 0.6 is 0 Å². The molecule has 0 bridgehead atoms. The Balaban J connectivity index is 3.43. The molecule has 0 aromatic rings. The second-order valence-corrected chi connectivity index (χ2v) is 3.94. The van der Waals surface area contributed by atoms with Crippen LogP contribution in [-0.4, -0.2) is 33.0 Å². The van der Waals surface area contributed by atoms with Crippen molar-refractivity contribution in [2.75, 3.05) is 0 Å². The van der Waals surface area contributed by atoms with Crippen molar-refractivity contribution < 1.29 is 29.7 Å². The van der Waals surface area contributed by atoms with Crippen molar-refractivity contribution in [3.63, 3.8) is 0 Å². The summed E-state index contributed by atoms with van der Waals surface area (Å²) in [7, 11) is 0. The third-order valence-corrected chi connectivity index (χ3v) is 2.93. The maximum Gasteiger partial charge on any atom is 0.331 e. The molecule has 0 aromatic carbocycles. The topological polar surface area (TPSA) is 112 Å². The molecule has 0 spiro atoms.